The fourth-order valence-electron chi connectivity index (χ4n) is 1.29. The highest BCUT2D eigenvalue weighted by atomic mass is 16.5. The van der Waals surface area contributed by atoms with Gasteiger partial charge in [-0.15, -0.1) is 0 Å². The van der Waals surface area contributed by atoms with Crippen LogP contribution < -0.4 is 16.7 Å². The molecule has 0 aliphatic carbocycles. The third-order valence-corrected chi connectivity index (χ3v) is 2.19. The minimum atomic E-state index is 0.630. The summed E-state index contributed by atoms with van der Waals surface area (Å²) in [6, 6.07) is 0. The molecule has 0 atom stereocenters. The van der Waals surface area contributed by atoms with E-state index in [9.17, 15) is 0 Å². The van der Waals surface area contributed by atoms with Crippen molar-refractivity contribution in [3.63, 3.8) is 0 Å². The zero-order valence-electron chi connectivity index (χ0n) is 9.33. The van der Waals surface area contributed by atoms with Gasteiger partial charge in [0.25, 0.3) is 0 Å². The molecule has 0 aromatic heterocycles. The van der Waals surface area contributed by atoms with Crippen molar-refractivity contribution in [2.45, 2.75) is 19.8 Å². The Bertz CT molecular complexity index is 191. The number of unbranched alkanes of at least 4 members (excludes halogenated alkanes) is 1. The average Bonchev–Trinajstić information content (AvgIpc) is 2.29. The van der Waals surface area contributed by atoms with Crippen LogP contribution in [0.1, 0.15) is 19.8 Å². The summed E-state index contributed by atoms with van der Waals surface area (Å²) in [6.07, 6.45) is 2.22. The molecule has 6 heteroatoms. The molecular weight excluding hydrogens is 194 g/mol. The zero-order valence-corrected chi connectivity index (χ0v) is 9.33. The number of aliphatic imine (C=N–C) groups is 1. The van der Waals surface area contributed by atoms with Crippen molar-refractivity contribution in [1.29, 1.82) is 0 Å². The number of ether oxygens (including phenoxy) is 1. The van der Waals surface area contributed by atoms with Gasteiger partial charge >= 0.3 is 0 Å². The summed E-state index contributed by atoms with van der Waals surface area (Å²) in [4.78, 5) is 4.31. The first-order chi connectivity index (χ1) is 7.36. The Morgan fingerprint density at radius 3 is 2.80 bits per heavy atom. The molecule has 0 amide bonds. The van der Waals surface area contributed by atoms with Gasteiger partial charge in [-0.3, -0.25) is 15.8 Å². The van der Waals surface area contributed by atoms with E-state index in [2.05, 4.69) is 22.8 Å². The Hall–Kier alpha value is -0.850. The summed E-state index contributed by atoms with van der Waals surface area (Å²) in [5, 5.41) is 2.05. The van der Waals surface area contributed by atoms with Gasteiger partial charge < -0.3 is 4.74 Å². The average molecular weight is 215 g/mol. The molecule has 1 aliphatic rings. The molecule has 6 nitrogen and oxygen atoms in total. The lowest BCUT2D eigenvalue weighted by Gasteiger charge is -2.28. The molecule has 0 saturated carbocycles. The standard InChI is InChI=1S/C9H21N5O/c1-2-3-4-11-9(12-10)13-14-5-7-15-8-6-14/h2-8,10H2,1H3,(H2,11,12,13). The third-order valence-electron chi connectivity index (χ3n) is 2.19. The fourth-order valence-corrected chi connectivity index (χ4v) is 1.29. The normalized spacial score (nSPS) is 18.9. The number of nitrogens with zero attached hydrogens (tertiary/aromatic N) is 2. The molecule has 4 N–H and O–H groups in total. The van der Waals surface area contributed by atoms with E-state index in [1.54, 1.807) is 0 Å². The van der Waals surface area contributed by atoms with Crippen LogP contribution in [0.3, 0.4) is 0 Å². The smallest absolute Gasteiger partial charge is 0.220 e. The molecular formula is C9H21N5O. The van der Waals surface area contributed by atoms with Crippen molar-refractivity contribution in [3.8, 4) is 0 Å². The number of hydrazine groups is 2. The van der Waals surface area contributed by atoms with Crippen LogP contribution in [0.25, 0.3) is 0 Å². The van der Waals surface area contributed by atoms with Crippen molar-refractivity contribution in [2.75, 3.05) is 32.8 Å². The third kappa shape index (κ3) is 4.96. The molecule has 0 radical (unpaired) electrons. The molecule has 88 valence electrons. The molecule has 1 heterocycles. The summed E-state index contributed by atoms with van der Waals surface area (Å²) in [7, 11) is 0. The van der Waals surface area contributed by atoms with E-state index >= 15 is 0 Å². The first-order valence-corrected chi connectivity index (χ1v) is 5.47. The molecule has 0 aromatic carbocycles. The van der Waals surface area contributed by atoms with Gasteiger partial charge in [0, 0.05) is 19.6 Å². The number of nitrogens with one attached hydrogen (secondary N) is 2. The highest BCUT2D eigenvalue weighted by Gasteiger charge is 2.10. The summed E-state index contributed by atoms with van der Waals surface area (Å²) in [6.45, 7) is 6.15. The molecule has 0 aromatic rings. The maximum Gasteiger partial charge on any atom is 0.220 e. The number of rotatable bonds is 4. The zero-order chi connectivity index (χ0) is 10.9. The van der Waals surface area contributed by atoms with Crippen LogP contribution in [0, 0.1) is 0 Å². The summed E-state index contributed by atoms with van der Waals surface area (Å²) < 4.78 is 5.24. The lowest BCUT2D eigenvalue weighted by molar-refractivity contribution is 0.0241. The summed E-state index contributed by atoms with van der Waals surface area (Å²) in [5.41, 5.74) is 5.70. The van der Waals surface area contributed by atoms with Gasteiger partial charge in [-0.25, -0.2) is 10.9 Å². The monoisotopic (exact) mass is 215 g/mol. The van der Waals surface area contributed by atoms with Crippen LogP contribution in [-0.4, -0.2) is 43.8 Å². The van der Waals surface area contributed by atoms with Crippen LogP contribution in [0.5, 0.6) is 0 Å². The first-order valence-electron chi connectivity index (χ1n) is 5.47. The van der Waals surface area contributed by atoms with E-state index in [-0.39, 0.29) is 0 Å². The van der Waals surface area contributed by atoms with Gasteiger partial charge in [0.2, 0.25) is 5.96 Å². The Kier molecular flexibility index (Phi) is 6.06. The first kappa shape index (κ1) is 12.2. The maximum atomic E-state index is 5.37. The number of nitrogens with two attached hydrogens (primary N) is 1. The highest BCUT2D eigenvalue weighted by Crippen LogP contribution is 1.92. The van der Waals surface area contributed by atoms with E-state index in [0.29, 0.717) is 5.96 Å². The second-order valence-corrected chi connectivity index (χ2v) is 3.44. The van der Waals surface area contributed by atoms with E-state index in [1.807, 2.05) is 5.01 Å². The molecule has 1 saturated heterocycles. The van der Waals surface area contributed by atoms with Gasteiger partial charge in [-0.1, -0.05) is 13.3 Å². The minimum absolute atomic E-state index is 0.630. The quantitative estimate of drug-likeness (QED) is 0.193. The minimum Gasteiger partial charge on any atom is -0.379 e. The van der Waals surface area contributed by atoms with Gasteiger partial charge in [0.05, 0.1) is 13.2 Å². The summed E-state index contributed by atoms with van der Waals surface area (Å²) in [5.74, 6) is 6.00. The molecule has 1 rings (SSSR count). The topological polar surface area (TPSA) is 74.9 Å². The van der Waals surface area contributed by atoms with Gasteiger partial charge in [-0.2, -0.15) is 0 Å². The van der Waals surface area contributed by atoms with Crippen molar-refractivity contribution in [3.05, 3.63) is 0 Å². The highest BCUT2D eigenvalue weighted by molar-refractivity contribution is 5.78. The Morgan fingerprint density at radius 2 is 2.20 bits per heavy atom. The lowest BCUT2D eigenvalue weighted by atomic mass is 10.3. The van der Waals surface area contributed by atoms with E-state index in [4.69, 9.17) is 10.6 Å². The number of morpholine rings is 1. The maximum absolute atomic E-state index is 5.37. The van der Waals surface area contributed by atoms with Gasteiger partial charge in [-0.05, 0) is 6.42 Å². The number of hydrogen-bond donors (Lipinski definition) is 3. The van der Waals surface area contributed by atoms with E-state index < -0.39 is 0 Å². The largest absolute Gasteiger partial charge is 0.379 e. The second-order valence-electron chi connectivity index (χ2n) is 3.44. The van der Waals surface area contributed by atoms with Gasteiger partial charge in [0.1, 0.15) is 0 Å². The molecule has 0 bridgehead atoms. The van der Waals surface area contributed by atoms with Crippen LogP contribution in [0.2, 0.25) is 0 Å². The van der Waals surface area contributed by atoms with Crippen molar-refractivity contribution in [1.82, 2.24) is 15.9 Å². The Labute approximate surface area is 90.8 Å². The Morgan fingerprint density at radius 1 is 1.47 bits per heavy atom. The molecule has 1 fully saturated rings. The second kappa shape index (κ2) is 7.44. The Balaban J connectivity index is 2.27. The number of guanidine groups is 1. The predicted molar refractivity (Wildman–Crippen MR) is 60.1 cm³/mol. The van der Waals surface area contributed by atoms with Crippen LogP contribution in [-0.2, 0) is 4.74 Å². The molecule has 0 unspecified atom stereocenters. The molecule has 1 aliphatic heterocycles. The molecule has 0 spiro atoms. The van der Waals surface area contributed by atoms with Gasteiger partial charge in [0.15, 0.2) is 0 Å². The predicted octanol–water partition coefficient (Wildman–Crippen LogP) is -0.557. The fraction of sp³-hybridized carbons (Fsp3) is 0.889. The van der Waals surface area contributed by atoms with E-state index in [0.717, 1.165) is 45.7 Å². The van der Waals surface area contributed by atoms with Crippen molar-refractivity contribution in [2.24, 2.45) is 10.8 Å². The lowest BCUT2D eigenvalue weighted by Crippen LogP contribution is -2.54. The molecule has 15 heavy (non-hydrogen) atoms. The van der Waals surface area contributed by atoms with E-state index in [1.165, 1.54) is 0 Å². The number of hydrogen-bond acceptors (Lipinski definition) is 4. The van der Waals surface area contributed by atoms with Crippen LogP contribution >= 0.6 is 0 Å². The van der Waals surface area contributed by atoms with Crippen molar-refractivity contribution >= 4 is 5.96 Å². The summed E-state index contributed by atoms with van der Waals surface area (Å²) >= 11 is 0. The van der Waals surface area contributed by atoms with Crippen molar-refractivity contribution < 1.29 is 4.74 Å². The van der Waals surface area contributed by atoms with Crippen LogP contribution in [0.15, 0.2) is 4.99 Å². The SMILES string of the molecule is CCCCN=C(NN)NN1CCOCC1. The van der Waals surface area contributed by atoms with Crippen LogP contribution in [0.4, 0.5) is 0 Å².